The molecule has 1 saturated carbocycles. The standard InChI is InChI=1S/C11H16ClNOS/c12-11-6-5-10(15-11)9(14)7-13-8-3-1-2-4-8/h5-6,8-9,13-14H,1-4,7H2. The highest BCUT2D eigenvalue weighted by atomic mass is 35.5. The Morgan fingerprint density at radius 2 is 2.20 bits per heavy atom. The van der Waals surface area contributed by atoms with Crippen LogP contribution in [-0.4, -0.2) is 17.7 Å². The van der Waals surface area contributed by atoms with E-state index in [1.54, 1.807) is 0 Å². The number of hydrogen-bond donors (Lipinski definition) is 2. The first-order valence-electron chi connectivity index (χ1n) is 5.42. The molecule has 1 heterocycles. The van der Waals surface area contributed by atoms with Crippen LogP contribution < -0.4 is 5.32 Å². The summed E-state index contributed by atoms with van der Waals surface area (Å²) in [6, 6.07) is 4.34. The van der Waals surface area contributed by atoms with Gasteiger partial charge in [-0.1, -0.05) is 24.4 Å². The molecular formula is C11H16ClNOS. The van der Waals surface area contributed by atoms with Gasteiger partial charge in [0.1, 0.15) is 6.10 Å². The lowest BCUT2D eigenvalue weighted by molar-refractivity contribution is 0.173. The summed E-state index contributed by atoms with van der Waals surface area (Å²) in [5.41, 5.74) is 0. The Hall–Kier alpha value is -0.0900. The summed E-state index contributed by atoms with van der Waals surface area (Å²) in [6.45, 7) is 0.640. The van der Waals surface area contributed by atoms with E-state index in [-0.39, 0.29) is 0 Å². The fourth-order valence-corrected chi connectivity index (χ4v) is 3.06. The Kier molecular flexibility index (Phi) is 4.03. The smallest absolute Gasteiger partial charge is 0.101 e. The van der Waals surface area contributed by atoms with Gasteiger partial charge < -0.3 is 10.4 Å². The molecule has 4 heteroatoms. The summed E-state index contributed by atoms with van der Waals surface area (Å²) in [5, 5.41) is 13.3. The molecule has 0 spiro atoms. The minimum absolute atomic E-state index is 0.414. The first-order valence-corrected chi connectivity index (χ1v) is 6.62. The summed E-state index contributed by atoms with van der Waals surface area (Å²) in [4.78, 5) is 0.950. The number of hydrogen-bond acceptors (Lipinski definition) is 3. The monoisotopic (exact) mass is 245 g/mol. The second-order valence-corrected chi connectivity index (χ2v) is 5.79. The first kappa shape index (κ1) is 11.4. The van der Waals surface area contributed by atoms with E-state index in [0.29, 0.717) is 12.6 Å². The van der Waals surface area contributed by atoms with E-state index in [1.807, 2.05) is 12.1 Å². The van der Waals surface area contributed by atoms with Crippen LogP contribution >= 0.6 is 22.9 Å². The summed E-state index contributed by atoms with van der Waals surface area (Å²) in [5.74, 6) is 0. The summed E-state index contributed by atoms with van der Waals surface area (Å²) < 4.78 is 0.741. The highest BCUT2D eigenvalue weighted by molar-refractivity contribution is 7.16. The van der Waals surface area contributed by atoms with Gasteiger partial charge in [0.25, 0.3) is 0 Å². The Morgan fingerprint density at radius 3 is 2.80 bits per heavy atom. The van der Waals surface area contributed by atoms with Crippen LogP contribution in [0.3, 0.4) is 0 Å². The van der Waals surface area contributed by atoms with Crippen molar-refractivity contribution in [1.82, 2.24) is 5.32 Å². The van der Waals surface area contributed by atoms with Crippen molar-refractivity contribution in [2.75, 3.05) is 6.54 Å². The van der Waals surface area contributed by atoms with Gasteiger partial charge in [-0.25, -0.2) is 0 Å². The molecule has 84 valence electrons. The molecule has 0 bridgehead atoms. The minimum atomic E-state index is -0.414. The molecule has 0 saturated heterocycles. The van der Waals surface area contributed by atoms with E-state index < -0.39 is 6.10 Å². The number of nitrogens with one attached hydrogen (secondary N) is 1. The third kappa shape index (κ3) is 3.18. The number of rotatable bonds is 4. The maximum atomic E-state index is 9.88. The van der Waals surface area contributed by atoms with Crippen LogP contribution in [0, 0.1) is 0 Å². The van der Waals surface area contributed by atoms with Gasteiger partial charge in [-0.15, -0.1) is 11.3 Å². The van der Waals surface area contributed by atoms with Gasteiger partial charge in [0.15, 0.2) is 0 Å². The molecule has 1 aromatic heterocycles. The molecule has 15 heavy (non-hydrogen) atoms. The van der Waals surface area contributed by atoms with Crippen LogP contribution in [0.4, 0.5) is 0 Å². The molecule has 1 fully saturated rings. The highest BCUT2D eigenvalue weighted by Crippen LogP contribution is 2.27. The Morgan fingerprint density at radius 1 is 1.47 bits per heavy atom. The predicted octanol–water partition coefficient (Wildman–Crippen LogP) is 2.97. The van der Waals surface area contributed by atoms with Crippen LogP contribution in [0.5, 0.6) is 0 Å². The molecule has 1 unspecified atom stereocenters. The van der Waals surface area contributed by atoms with E-state index in [9.17, 15) is 5.11 Å². The average Bonchev–Trinajstić information content (AvgIpc) is 2.84. The largest absolute Gasteiger partial charge is 0.386 e. The maximum absolute atomic E-state index is 9.88. The van der Waals surface area contributed by atoms with Gasteiger partial charge in [0, 0.05) is 17.5 Å². The van der Waals surface area contributed by atoms with Crippen LogP contribution in [0.15, 0.2) is 12.1 Å². The van der Waals surface area contributed by atoms with E-state index in [0.717, 1.165) is 9.21 Å². The zero-order valence-corrected chi connectivity index (χ0v) is 10.2. The van der Waals surface area contributed by atoms with Crippen molar-refractivity contribution in [3.05, 3.63) is 21.3 Å². The third-order valence-corrected chi connectivity index (χ3v) is 4.21. The number of halogens is 1. The van der Waals surface area contributed by atoms with Crippen molar-refractivity contribution >= 4 is 22.9 Å². The second kappa shape index (κ2) is 5.30. The van der Waals surface area contributed by atoms with Crippen molar-refractivity contribution in [3.8, 4) is 0 Å². The van der Waals surface area contributed by atoms with Crippen molar-refractivity contribution in [1.29, 1.82) is 0 Å². The molecule has 1 atom stereocenters. The van der Waals surface area contributed by atoms with E-state index in [2.05, 4.69) is 5.32 Å². The molecule has 0 aromatic carbocycles. The molecular weight excluding hydrogens is 230 g/mol. The molecule has 1 aromatic rings. The quantitative estimate of drug-likeness (QED) is 0.855. The van der Waals surface area contributed by atoms with E-state index in [1.165, 1.54) is 37.0 Å². The predicted molar refractivity (Wildman–Crippen MR) is 64.5 cm³/mol. The topological polar surface area (TPSA) is 32.3 Å². The van der Waals surface area contributed by atoms with Crippen LogP contribution in [-0.2, 0) is 0 Å². The molecule has 0 amide bonds. The molecule has 1 aliphatic carbocycles. The van der Waals surface area contributed by atoms with Gasteiger partial charge in [-0.05, 0) is 25.0 Å². The van der Waals surface area contributed by atoms with Crippen molar-refractivity contribution in [2.24, 2.45) is 0 Å². The normalized spacial score (nSPS) is 19.6. The zero-order valence-electron chi connectivity index (χ0n) is 8.58. The van der Waals surface area contributed by atoms with Gasteiger partial charge >= 0.3 is 0 Å². The Labute approximate surface area is 99.3 Å². The Bertz CT molecular complexity index is 309. The van der Waals surface area contributed by atoms with Gasteiger partial charge in [-0.3, -0.25) is 0 Å². The lowest BCUT2D eigenvalue weighted by Crippen LogP contribution is -2.30. The highest BCUT2D eigenvalue weighted by Gasteiger charge is 2.16. The molecule has 2 N–H and O–H groups in total. The molecule has 1 aliphatic rings. The fourth-order valence-electron chi connectivity index (χ4n) is 2.02. The fraction of sp³-hybridized carbons (Fsp3) is 0.636. The van der Waals surface area contributed by atoms with Crippen LogP contribution in [0.1, 0.15) is 36.7 Å². The molecule has 2 nitrogen and oxygen atoms in total. The number of aliphatic hydroxyl groups is 1. The van der Waals surface area contributed by atoms with Crippen molar-refractivity contribution in [2.45, 2.75) is 37.8 Å². The SMILES string of the molecule is OC(CNC1CCCC1)c1ccc(Cl)s1. The van der Waals surface area contributed by atoms with Gasteiger partial charge in [0.05, 0.1) is 4.34 Å². The zero-order chi connectivity index (χ0) is 10.7. The number of thiophene rings is 1. The lowest BCUT2D eigenvalue weighted by atomic mass is 10.2. The van der Waals surface area contributed by atoms with E-state index in [4.69, 9.17) is 11.6 Å². The van der Waals surface area contributed by atoms with E-state index >= 15 is 0 Å². The average molecular weight is 246 g/mol. The first-order chi connectivity index (χ1) is 7.25. The van der Waals surface area contributed by atoms with Crippen molar-refractivity contribution in [3.63, 3.8) is 0 Å². The van der Waals surface area contributed by atoms with Gasteiger partial charge in [-0.2, -0.15) is 0 Å². The van der Waals surface area contributed by atoms with Crippen LogP contribution in [0.25, 0.3) is 0 Å². The lowest BCUT2D eigenvalue weighted by Gasteiger charge is -2.14. The molecule has 2 rings (SSSR count). The Balaban J connectivity index is 1.79. The minimum Gasteiger partial charge on any atom is -0.386 e. The number of aliphatic hydroxyl groups excluding tert-OH is 1. The summed E-state index contributed by atoms with van der Waals surface area (Å²) >= 11 is 7.27. The maximum Gasteiger partial charge on any atom is 0.101 e. The molecule has 0 radical (unpaired) electrons. The summed E-state index contributed by atoms with van der Waals surface area (Å²) in [7, 11) is 0. The van der Waals surface area contributed by atoms with Gasteiger partial charge in [0.2, 0.25) is 0 Å². The van der Waals surface area contributed by atoms with Crippen molar-refractivity contribution < 1.29 is 5.11 Å². The summed E-state index contributed by atoms with van der Waals surface area (Å²) in [6.07, 6.45) is 4.72. The third-order valence-electron chi connectivity index (χ3n) is 2.88. The van der Waals surface area contributed by atoms with Crippen LogP contribution in [0.2, 0.25) is 4.34 Å². The second-order valence-electron chi connectivity index (χ2n) is 4.05. The molecule has 0 aliphatic heterocycles.